The van der Waals surface area contributed by atoms with Crippen LogP contribution in [0.1, 0.15) is 36.8 Å². The Labute approximate surface area is 154 Å². The summed E-state index contributed by atoms with van der Waals surface area (Å²) in [6.45, 7) is 6.82. The molecule has 0 aliphatic carbocycles. The largest absolute Gasteiger partial charge is 0.341 e. The molecule has 3 rings (SSSR count). The third kappa shape index (κ3) is 3.74. The molecule has 6 heteroatoms. The average Bonchev–Trinajstić information content (AvgIpc) is 2.66. The van der Waals surface area contributed by atoms with Crippen molar-refractivity contribution in [2.24, 2.45) is 0 Å². The van der Waals surface area contributed by atoms with Crippen LogP contribution in [-0.4, -0.2) is 71.7 Å². The maximum absolute atomic E-state index is 12.7. The number of amides is 3. The molecule has 1 aromatic rings. The molecule has 0 spiro atoms. The molecular weight excluding hydrogens is 330 g/mol. The van der Waals surface area contributed by atoms with Crippen molar-refractivity contribution in [3.05, 3.63) is 35.4 Å². The van der Waals surface area contributed by atoms with Gasteiger partial charge in [0.15, 0.2) is 0 Å². The fourth-order valence-corrected chi connectivity index (χ4v) is 3.93. The maximum atomic E-state index is 12.7. The smallest absolute Gasteiger partial charge is 0.312 e. The first-order valence-electron chi connectivity index (χ1n) is 9.42. The summed E-state index contributed by atoms with van der Waals surface area (Å²) in [5.74, 6) is -0.778. The summed E-state index contributed by atoms with van der Waals surface area (Å²) in [5, 5.41) is 0. The van der Waals surface area contributed by atoms with Gasteiger partial charge in [-0.15, -0.1) is 0 Å². The van der Waals surface area contributed by atoms with E-state index in [0.29, 0.717) is 32.1 Å². The van der Waals surface area contributed by atoms with Crippen LogP contribution in [0.5, 0.6) is 0 Å². The Morgan fingerprint density at radius 3 is 2.50 bits per heavy atom. The number of nitrogens with zero attached hydrogens (tertiary/aromatic N) is 3. The van der Waals surface area contributed by atoms with Crippen molar-refractivity contribution < 1.29 is 14.4 Å². The first-order valence-corrected chi connectivity index (χ1v) is 9.42. The Morgan fingerprint density at radius 1 is 1.08 bits per heavy atom. The van der Waals surface area contributed by atoms with Gasteiger partial charge in [-0.25, -0.2) is 0 Å². The monoisotopic (exact) mass is 357 g/mol. The average molecular weight is 357 g/mol. The van der Waals surface area contributed by atoms with E-state index in [2.05, 4.69) is 19.1 Å². The Kier molecular flexibility index (Phi) is 5.59. The Morgan fingerprint density at radius 2 is 1.77 bits per heavy atom. The molecular formula is C20H27N3O3. The van der Waals surface area contributed by atoms with E-state index in [-0.39, 0.29) is 12.5 Å². The minimum atomic E-state index is -0.557. The fourth-order valence-electron chi connectivity index (χ4n) is 3.93. The molecule has 0 aromatic heterocycles. The highest BCUT2D eigenvalue weighted by Gasteiger charge is 2.34. The van der Waals surface area contributed by atoms with Gasteiger partial charge in [-0.1, -0.05) is 24.3 Å². The topological polar surface area (TPSA) is 60.9 Å². The van der Waals surface area contributed by atoms with Gasteiger partial charge in [0.1, 0.15) is 6.54 Å². The number of likely N-dealkylation sites (tertiary alicyclic amines) is 1. The molecule has 140 valence electrons. The van der Waals surface area contributed by atoms with Crippen molar-refractivity contribution in [3.63, 3.8) is 0 Å². The summed E-state index contributed by atoms with van der Waals surface area (Å²) in [5.41, 5.74) is 2.55. The van der Waals surface area contributed by atoms with Gasteiger partial charge in [-0.05, 0) is 37.8 Å². The highest BCUT2D eigenvalue weighted by Crippen LogP contribution is 2.29. The molecule has 3 amide bonds. The molecule has 1 atom stereocenters. The van der Waals surface area contributed by atoms with E-state index in [1.807, 2.05) is 24.0 Å². The van der Waals surface area contributed by atoms with Gasteiger partial charge in [-0.2, -0.15) is 0 Å². The molecule has 26 heavy (non-hydrogen) atoms. The number of benzene rings is 1. The molecule has 1 aromatic carbocycles. The predicted octanol–water partition coefficient (Wildman–Crippen LogP) is 1.39. The van der Waals surface area contributed by atoms with Crippen LogP contribution >= 0.6 is 0 Å². The van der Waals surface area contributed by atoms with E-state index in [1.165, 1.54) is 20.9 Å². The molecule has 2 aliphatic rings. The van der Waals surface area contributed by atoms with Crippen molar-refractivity contribution in [1.82, 2.24) is 14.7 Å². The maximum Gasteiger partial charge on any atom is 0.312 e. The van der Waals surface area contributed by atoms with Crippen molar-refractivity contribution in [2.75, 3.05) is 39.3 Å². The lowest BCUT2D eigenvalue weighted by molar-refractivity contribution is -0.157. The van der Waals surface area contributed by atoms with E-state index in [0.717, 1.165) is 19.4 Å². The first kappa shape index (κ1) is 18.4. The molecule has 0 radical (unpaired) electrons. The van der Waals surface area contributed by atoms with Crippen molar-refractivity contribution in [1.29, 1.82) is 0 Å². The second kappa shape index (κ2) is 7.89. The zero-order valence-electron chi connectivity index (χ0n) is 15.6. The van der Waals surface area contributed by atoms with Crippen LogP contribution in [-0.2, 0) is 14.4 Å². The minimum Gasteiger partial charge on any atom is -0.341 e. The number of likely N-dealkylation sites (N-methyl/N-ethyl adjacent to an activating group) is 1. The van der Waals surface area contributed by atoms with Crippen molar-refractivity contribution in [3.8, 4) is 0 Å². The quantitative estimate of drug-likeness (QED) is 0.765. The molecule has 2 aliphatic heterocycles. The van der Waals surface area contributed by atoms with E-state index in [9.17, 15) is 14.4 Å². The Bertz CT molecular complexity index is 703. The number of carbonyl (C=O) groups excluding carboxylic acids is 3. The molecule has 0 N–H and O–H groups in total. The number of hydrogen-bond donors (Lipinski definition) is 0. The number of aryl methyl sites for hydroxylation is 1. The van der Waals surface area contributed by atoms with Crippen LogP contribution in [0.2, 0.25) is 0 Å². The summed E-state index contributed by atoms with van der Waals surface area (Å²) in [6, 6.07) is 8.32. The minimum absolute atomic E-state index is 0.00260. The third-order valence-electron chi connectivity index (χ3n) is 5.51. The second-order valence-electron chi connectivity index (χ2n) is 7.15. The molecule has 6 nitrogen and oxygen atoms in total. The van der Waals surface area contributed by atoms with E-state index in [1.54, 1.807) is 0 Å². The van der Waals surface area contributed by atoms with Crippen molar-refractivity contribution in [2.45, 2.75) is 32.6 Å². The molecule has 2 fully saturated rings. The van der Waals surface area contributed by atoms with Gasteiger partial charge < -0.3 is 14.7 Å². The summed E-state index contributed by atoms with van der Waals surface area (Å²) >= 11 is 0. The standard InChI is InChI=1S/C20H27N3O3/c1-3-21-11-12-23(20(26)19(21)25)14-18(24)22-10-6-8-16(13-22)17-9-5-4-7-15(17)2/h4-5,7,9,16H,3,6,8,10-14H2,1-2H3. The van der Waals surface area contributed by atoms with Crippen LogP contribution in [0.15, 0.2) is 24.3 Å². The van der Waals surface area contributed by atoms with Gasteiger partial charge in [0.25, 0.3) is 0 Å². The summed E-state index contributed by atoms with van der Waals surface area (Å²) in [7, 11) is 0. The number of carbonyl (C=O) groups is 3. The lowest BCUT2D eigenvalue weighted by Crippen LogP contribution is -2.56. The number of piperazine rings is 1. The molecule has 2 heterocycles. The molecule has 2 saturated heterocycles. The Balaban J connectivity index is 1.62. The fraction of sp³-hybridized carbons (Fsp3) is 0.550. The van der Waals surface area contributed by atoms with Gasteiger partial charge in [0.2, 0.25) is 5.91 Å². The van der Waals surface area contributed by atoms with E-state index in [4.69, 9.17) is 0 Å². The summed E-state index contributed by atoms with van der Waals surface area (Å²) < 4.78 is 0. The number of rotatable bonds is 4. The van der Waals surface area contributed by atoms with Gasteiger partial charge in [0, 0.05) is 38.6 Å². The normalized spacial score (nSPS) is 21.3. The summed E-state index contributed by atoms with van der Waals surface area (Å²) in [6.07, 6.45) is 2.03. The Hall–Kier alpha value is -2.37. The van der Waals surface area contributed by atoms with Gasteiger partial charge in [0.05, 0.1) is 0 Å². The summed E-state index contributed by atoms with van der Waals surface area (Å²) in [4.78, 5) is 41.7. The molecule has 0 bridgehead atoms. The lowest BCUT2D eigenvalue weighted by Gasteiger charge is -2.37. The van der Waals surface area contributed by atoms with Crippen LogP contribution in [0, 0.1) is 6.92 Å². The van der Waals surface area contributed by atoms with Gasteiger partial charge in [-0.3, -0.25) is 14.4 Å². The predicted molar refractivity (Wildman–Crippen MR) is 98.6 cm³/mol. The van der Waals surface area contributed by atoms with Crippen LogP contribution in [0.4, 0.5) is 0 Å². The van der Waals surface area contributed by atoms with Gasteiger partial charge >= 0.3 is 11.8 Å². The second-order valence-corrected chi connectivity index (χ2v) is 7.15. The van der Waals surface area contributed by atoms with Crippen molar-refractivity contribution >= 4 is 17.7 Å². The highest BCUT2D eigenvalue weighted by molar-refractivity contribution is 6.35. The SMILES string of the molecule is CCN1CCN(CC(=O)N2CCCC(c3ccccc3C)C2)C(=O)C1=O. The van der Waals surface area contributed by atoms with Crippen LogP contribution in [0.25, 0.3) is 0 Å². The zero-order chi connectivity index (χ0) is 18.7. The highest BCUT2D eigenvalue weighted by atomic mass is 16.2. The van der Waals surface area contributed by atoms with Crippen LogP contribution < -0.4 is 0 Å². The first-order chi connectivity index (χ1) is 12.5. The van der Waals surface area contributed by atoms with E-state index < -0.39 is 11.8 Å². The third-order valence-corrected chi connectivity index (χ3v) is 5.51. The lowest BCUT2D eigenvalue weighted by atomic mass is 9.88. The molecule has 1 unspecified atom stereocenters. The number of piperidine rings is 1. The molecule has 0 saturated carbocycles. The van der Waals surface area contributed by atoms with Crippen LogP contribution in [0.3, 0.4) is 0 Å². The zero-order valence-corrected chi connectivity index (χ0v) is 15.6. The number of hydrogen-bond acceptors (Lipinski definition) is 3. The van der Waals surface area contributed by atoms with E-state index >= 15 is 0 Å².